The maximum absolute atomic E-state index is 10.7. The molecule has 0 atom stereocenters. The molecule has 0 aliphatic heterocycles. The van der Waals surface area contributed by atoms with Gasteiger partial charge in [-0.25, -0.2) is 9.59 Å². The normalized spacial score (nSPS) is 8.44. The quantitative estimate of drug-likeness (QED) is 0.418. The largest absolute Gasteiger partial charge is 0.478 e. The fourth-order valence-electron chi connectivity index (χ4n) is 0.371. The van der Waals surface area contributed by atoms with Crippen molar-refractivity contribution in [3.05, 3.63) is 24.3 Å². The highest BCUT2D eigenvalue weighted by molar-refractivity contribution is 5.86. The van der Waals surface area contributed by atoms with E-state index in [-0.39, 0.29) is 11.5 Å². The molecule has 0 saturated carbocycles. The van der Waals surface area contributed by atoms with E-state index in [1.165, 1.54) is 6.92 Å². The van der Waals surface area contributed by atoms with Gasteiger partial charge in [0.2, 0.25) is 0 Å². The number of aliphatic carboxylic acids is 1. The first-order chi connectivity index (χ1) is 7.32. The number of carboxylic acid groups (broad SMARTS) is 1. The highest BCUT2D eigenvalue weighted by Gasteiger charge is 2.00. The Kier molecular flexibility index (Phi) is 10.4. The Hall–Kier alpha value is -1.62. The first kappa shape index (κ1) is 16.8. The van der Waals surface area contributed by atoms with Gasteiger partial charge in [-0.1, -0.05) is 13.2 Å². The number of hydrogen-bond acceptors (Lipinski definition) is 4. The Morgan fingerprint density at radius 3 is 1.94 bits per heavy atom. The van der Waals surface area contributed by atoms with Crippen molar-refractivity contribution in [2.75, 3.05) is 13.2 Å². The Bertz CT molecular complexity index is 259. The van der Waals surface area contributed by atoms with E-state index in [0.29, 0.717) is 25.1 Å². The number of rotatable bonds is 5. The second-order valence-corrected chi connectivity index (χ2v) is 3.14. The van der Waals surface area contributed by atoms with Crippen molar-refractivity contribution in [3.8, 4) is 0 Å². The summed E-state index contributed by atoms with van der Waals surface area (Å²) in [5, 5.41) is 7.89. The number of carbonyl (C=O) groups is 2. The third kappa shape index (κ3) is 12.4. The van der Waals surface area contributed by atoms with Gasteiger partial charge in [0.25, 0.3) is 0 Å². The molecule has 0 aliphatic rings. The van der Waals surface area contributed by atoms with Crippen LogP contribution in [0.5, 0.6) is 0 Å². The van der Waals surface area contributed by atoms with Gasteiger partial charge in [-0.2, -0.15) is 0 Å². The summed E-state index contributed by atoms with van der Waals surface area (Å²) >= 11 is 0. The Morgan fingerprint density at radius 1 is 1.25 bits per heavy atom. The van der Waals surface area contributed by atoms with Crippen LogP contribution in [0.3, 0.4) is 0 Å². The van der Waals surface area contributed by atoms with Crippen molar-refractivity contribution in [3.63, 3.8) is 0 Å². The Morgan fingerprint density at radius 2 is 1.69 bits per heavy atom. The monoisotopic (exact) mass is 229 g/mol. The third-order valence-electron chi connectivity index (χ3n) is 1.30. The molecule has 0 aromatic heterocycles. The van der Waals surface area contributed by atoms with Crippen LogP contribution in [0.15, 0.2) is 24.3 Å². The molecule has 5 heteroatoms. The van der Waals surface area contributed by atoms with E-state index in [2.05, 4.69) is 13.2 Å². The van der Waals surface area contributed by atoms with Gasteiger partial charge in [0.15, 0.2) is 0 Å². The zero-order valence-electron chi connectivity index (χ0n) is 9.78. The van der Waals surface area contributed by atoms with E-state index in [4.69, 9.17) is 15.6 Å². The molecule has 0 unspecified atom stereocenters. The fraction of sp³-hybridized carbons (Fsp3) is 0.455. The van der Waals surface area contributed by atoms with Gasteiger partial charge in [-0.05, 0) is 26.8 Å². The van der Waals surface area contributed by atoms with Crippen LogP contribution in [0.4, 0.5) is 0 Å². The predicted molar refractivity (Wildman–Crippen MR) is 61.9 cm³/mol. The minimum Gasteiger partial charge on any atom is -0.478 e. The second-order valence-electron chi connectivity index (χ2n) is 3.14. The molecule has 0 aliphatic carbocycles. The Balaban J connectivity index is 0. The lowest BCUT2D eigenvalue weighted by Crippen LogP contribution is -2.09. The summed E-state index contributed by atoms with van der Waals surface area (Å²) in [6, 6.07) is 0. The number of ether oxygens (including phenoxy) is 1. The van der Waals surface area contributed by atoms with Crippen LogP contribution in [-0.2, 0) is 14.3 Å². The van der Waals surface area contributed by atoms with E-state index < -0.39 is 5.97 Å². The third-order valence-corrected chi connectivity index (χ3v) is 1.30. The molecule has 0 radical (unpaired) electrons. The van der Waals surface area contributed by atoms with Crippen LogP contribution in [0, 0.1) is 0 Å². The molecule has 0 amide bonds. The zero-order chi connectivity index (χ0) is 13.1. The average molecular weight is 229 g/mol. The molecule has 0 aromatic rings. The lowest BCUT2D eigenvalue weighted by molar-refractivity contribution is -0.139. The van der Waals surface area contributed by atoms with E-state index >= 15 is 0 Å². The van der Waals surface area contributed by atoms with Gasteiger partial charge in [-0.3, -0.25) is 0 Å². The fourth-order valence-corrected chi connectivity index (χ4v) is 0.371. The van der Waals surface area contributed by atoms with Crippen molar-refractivity contribution in [2.45, 2.75) is 20.3 Å². The molecule has 0 bridgehead atoms. The SMILES string of the molecule is C=C(C)C(=O)O.C=C(C)C(=O)OCCCN. The van der Waals surface area contributed by atoms with Gasteiger partial charge >= 0.3 is 11.9 Å². The maximum atomic E-state index is 10.7. The molecule has 0 aromatic carbocycles. The number of hydrogen-bond donors (Lipinski definition) is 2. The van der Waals surface area contributed by atoms with Crippen LogP contribution in [0.2, 0.25) is 0 Å². The first-order valence-electron chi connectivity index (χ1n) is 4.74. The van der Waals surface area contributed by atoms with Crippen molar-refractivity contribution in [2.24, 2.45) is 5.73 Å². The van der Waals surface area contributed by atoms with Gasteiger partial charge < -0.3 is 15.6 Å². The van der Waals surface area contributed by atoms with E-state index in [1.54, 1.807) is 6.92 Å². The lowest BCUT2D eigenvalue weighted by Gasteiger charge is -2.01. The minimum atomic E-state index is -0.935. The average Bonchev–Trinajstić information content (AvgIpc) is 2.18. The summed E-state index contributed by atoms with van der Waals surface area (Å²) in [6.07, 6.45) is 0.707. The van der Waals surface area contributed by atoms with Crippen LogP contribution >= 0.6 is 0 Å². The van der Waals surface area contributed by atoms with E-state index in [1.807, 2.05) is 0 Å². The molecular formula is C11H19NO4. The van der Waals surface area contributed by atoms with Crippen LogP contribution in [0.1, 0.15) is 20.3 Å². The first-order valence-corrected chi connectivity index (χ1v) is 4.74. The van der Waals surface area contributed by atoms with Crippen molar-refractivity contribution < 1.29 is 19.4 Å². The standard InChI is InChI=1S/C7H13NO2.C4H6O2/c1-6(2)7(9)10-5-3-4-8;1-3(2)4(5)6/h1,3-5,8H2,2H3;1H2,2H3,(H,5,6). The van der Waals surface area contributed by atoms with Gasteiger partial charge in [0.1, 0.15) is 0 Å². The summed E-state index contributed by atoms with van der Waals surface area (Å²) in [5.41, 5.74) is 5.78. The number of carbonyl (C=O) groups excluding carboxylic acids is 1. The molecule has 0 rings (SSSR count). The zero-order valence-corrected chi connectivity index (χ0v) is 9.78. The van der Waals surface area contributed by atoms with Gasteiger partial charge in [-0.15, -0.1) is 0 Å². The summed E-state index contributed by atoms with van der Waals surface area (Å²) in [4.78, 5) is 20.3. The molecule has 0 spiro atoms. The number of nitrogens with two attached hydrogens (primary N) is 1. The summed E-state index contributed by atoms with van der Waals surface area (Å²) < 4.78 is 4.73. The van der Waals surface area contributed by atoms with Crippen LogP contribution in [0.25, 0.3) is 0 Å². The lowest BCUT2D eigenvalue weighted by atomic mass is 10.4. The molecule has 0 fully saturated rings. The van der Waals surface area contributed by atoms with Crippen LogP contribution < -0.4 is 5.73 Å². The molecule has 92 valence electrons. The number of esters is 1. The van der Waals surface area contributed by atoms with E-state index in [0.717, 1.165) is 0 Å². The van der Waals surface area contributed by atoms with Crippen molar-refractivity contribution in [1.29, 1.82) is 0 Å². The summed E-state index contributed by atoms with van der Waals surface area (Å²) in [7, 11) is 0. The highest BCUT2D eigenvalue weighted by atomic mass is 16.5. The van der Waals surface area contributed by atoms with Crippen molar-refractivity contribution in [1.82, 2.24) is 0 Å². The molecule has 3 N–H and O–H groups in total. The van der Waals surface area contributed by atoms with E-state index in [9.17, 15) is 9.59 Å². The molecule has 16 heavy (non-hydrogen) atoms. The second kappa shape index (κ2) is 9.92. The summed E-state index contributed by atoms with van der Waals surface area (Å²) in [6.45, 7) is 10.6. The number of carboxylic acids is 1. The summed E-state index contributed by atoms with van der Waals surface area (Å²) in [5.74, 6) is -1.27. The van der Waals surface area contributed by atoms with Crippen molar-refractivity contribution >= 4 is 11.9 Å². The van der Waals surface area contributed by atoms with Crippen LogP contribution in [-0.4, -0.2) is 30.2 Å². The predicted octanol–water partition coefficient (Wildman–Crippen LogP) is 1.10. The Labute approximate surface area is 95.6 Å². The topological polar surface area (TPSA) is 89.6 Å². The van der Waals surface area contributed by atoms with Gasteiger partial charge in [0.05, 0.1) is 6.61 Å². The molecule has 5 nitrogen and oxygen atoms in total. The minimum absolute atomic E-state index is 0.176. The maximum Gasteiger partial charge on any atom is 0.333 e. The van der Waals surface area contributed by atoms with Gasteiger partial charge in [0, 0.05) is 11.1 Å². The molecular weight excluding hydrogens is 210 g/mol. The molecule has 0 heterocycles. The highest BCUT2D eigenvalue weighted by Crippen LogP contribution is 1.91. The smallest absolute Gasteiger partial charge is 0.333 e. The molecule has 0 saturated heterocycles.